The number of thiophene rings is 1. The van der Waals surface area contributed by atoms with Gasteiger partial charge in [-0.1, -0.05) is 124 Å². The van der Waals surface area contributed by atoms with Crippen molar-refractivity contribution in [1.82, 2.24) is 15.0 Å². The molecule has 0 spiro atoms. The Kier molecular flexibility index (Phi) is 7.88. The Morgan fingerprint density at radius 3 is 2.08 bits per heavy atom. The number of hydrogen-bond acceptors (Lipinski definition) is 6. The molecule has 4 heterocycles. The van der Waals surface area contributed by atoms with Crippen LogP contribution in [0.2, 0.25) is 0 Å². The third-order valence-electron chi connectivity index (χ3n) is 12.8. The van der Waals surface area contributed by atoms with Gasteiger partial charge in [-0.15, -0.1) is 11.3 Å². The van der Waals surface area contributed by atoms with Crippen LogP contribution in [-0.2, 0) is 11.8 Å². The molecule has 2 aliphatic rings. The topological polar surface area (TPSA) is 65.0 Å². The second-order valence-electron chi connectivity index (χ2n) is 16.6. The Balaban J connectivity index is 1.07. The van der Waals surface area contributed by atoms with Crippen LogP contribution in [0.1, 0.15) is 48.8 Å². The Labute approximate surface area is 356 Å². The van der Waals surface area contributed by atoms with Crippen molar-refractivity contribution in [2.45, 2.75) is 39.0 Å². The third-order valence-corrected chi connectivity index (χ3v) is 14.0. The summed E-state index contributed by atoms with van der Waals surface area (Å²) >= 11 is 1.87. The van der Waals surface area contributed by atoms with E-state index in [4.69, 9.17) is 23.8 Å². The third kappa shape index (κ3) is 5.42. The lowest BCUT2D eigenvalue weighted by Gasteiger charge is -2.21. The molecule has 0 N–H and O–H groups in total. The number of para-hydroxylation sites is 1. The zero-order valence-corrected chi connectivity index (χ0v) is 34.9. The minimum atomic E-state index is -0.117. The van der Waals surface area contributed by atoms with Crippen LogP contribution in [0.3, 0.4) is 0 Å². The summed E-state index contributed by atoms with van der Waals surface area (Å²) in [6.45, 7) is 10.7. The van der Waals surface area contributed by atoms with E-state index in [1.165, 1.54) is 42.8 Å². The fraction of sp³-hybridized carbons (Fsp3) is 0.109. The highest BCUT2D eigenvalue weighted by atomic mass is 32.1. The molecule has 12 rings (SSSR count). The average Bonchev–Trinajstić information content (AvgIpc) is 4.03. The van der Waals surface area contributed by atoms with Crippen molar-refractivity contribution >= 4 is 76.9 Å². The van der Waals surface area contributed by atoms with Crippen LogP contribution in [0.4, 0.5) is 0 Å². The molecule has 0 radical (unpaired) electrons. The molecule has 292 valence electrons. The van der Waals surface area contributed by atoms with E-state index in [0.29, 0.717) is 17.5 Å². The zero-order valence-electron chi connectivity index (χ0n) is 34.0. The number of furan rings is 2. The first-order valence-corrected chi connectivity index (χ1v) is 21.7. The van der Waals surface area contributed by atoms with Crippen molar-refractivity contribution in [2.24, 2.45) is 0 Å². The highest BCUT2D eigenvalue weighted by molar-refractivity contribution is 7.19. The van der Waals surface area contributed by atoms with Gasteiger partial charge in [-0.05, 0) is 107 Å². The van der Waals surface area contributed by atoms with Gasteiger partial charge in [-0.2, -0.15) is 0 Å². The smallest absolute Gasteiger partial charge is 0.164 e. The molecule has 0 saturated heterocycles. The van der Waals surface area contributed by atoms with Gasteiger partial charge in [0.2, 0.25) is 0 Å². The molecule has 0 unspecified atom stereocenters. The molecule has 61 heavy (non-hydrogen) atoms. The maximum Gasteiger partial charge on any atom is 0.164 e. The Hall–Kier alpha value is -7.15. The molecule has 0 amide bonds. The van der Waals surface area contributed by atoms with Gasteiger partial charge in [0.25, 0.3) is 0 Å². The van der Waals surface area contributed by atoms with Gasteiger partial charge in [0.15, 0.2) is 17.5 Å². The summed E-state index contributed by atoms with van der Waals surface area (Å²) in [5.41, 5.74) is 14.5. The molecule has 6 aromatic carbocycles. The lowest BCUT2D eigenvalue weighted by molar-refractivity contribution is 0.661. The summed E-state index contributed by atoms with van der Waals surface area (Å²) in [4.78, 5) is 17.3. The van der Waals surface area contributed by atoms with Crippen molar-refractivity contribution in [1.29, 1.82) is 0 Å². The summed E-state index contributed by atoms with van der Waals surface area (Å²) in [5, 5.41) is 5.26. The first-order valence-electron chi connectivity index (χ1n) is 20.9. The first-order chi connectivity index (χ1) is 29.9. The zero-order chi connectivity index (χ0) is 41.0. The molecule has 0 fully saturated rings. The predicted molar refractivity (Wildman–Crippen MR) is 254 cm³/mol. The number of benzene rings is 6. The van der Waals surface area contributed by atoms with Crippen LogP contribution in [0.5, 0.6) is 0 Å². The molecule has 4 aromatic heterocycles. The van der Waals surface area contributed by atoms with Crippen molar-refractivity contribution in [3.63, 3.8) is 0 Å². The number of nitrogens with zero attached hydrogens (tertiary/aromatic N) is 3. The molecule has 0 aliphatic heterocycles. The highest BCUT2D eigenvalue weighted by Crippen LogP contribution is 2.51. The molecule has 2 aliphatic carbocycles. The van der Waals surface area contributed by atoms with Gasteiger partial charge in [-0.3, -0.25) is 0 Å². The second-order valence-corrected chi connectivity index (χ2v) is 17.7. The van der Waals surface area contributed by atoms with Gasteiger partial charge < -0.3 is 8.83 Å². The lowest BCUT2D eigenvalue weighted by atomic mass is 9.82. The first kappa shape index (κ1) is 35.8. The molecule has 0 bridgehead atoms. The van der Waals surface area contributed by atoms with Crippen molar-refractivity contribution < 1.29 is 8.83 Å². The van der Waals surface area contributed by atoms with Gasteiger partial charge in [-0.25, -0.2) is 15.0 Å². The summed E-state index contributed by atoms with van der Waals surface area (Å²) < 4.78 is 14.2. The Morgan fingerprint density at radius 2 is 1.31 bits per heavy atom. The number of allylic oxidation sites excluding steroid dienone is 6. The summed E-state index contributed by atoms with van der Waals surface area (Å²) in [5.74, 6) is 1.78. The van der Waals surface area contributed by atoms with Gasteiger partial charge in [0, 0.05) is 53.2 Å². The molecule has 10 aromatic rings. The van der Waals surface area contributed by atoms with Gasteiger partial charge in [0.1, 0.15) is 22.3 Å². The molecule has 0 atom stereocenters. The normalized spacial score (nSPS) is 15.9. The lowest BCUT2D eigenvalue weighted by Crippen LogP contribution is -2.14. The fourth-order valence-electron chi connectivity index (χ4n) is 9.84. The highest BCUT2D eigenvalue weighted by Gasteiger charge is 2.37. The van der Waals surface area contributed by atoms with Crippen LogP contribution in [-0.4, -0.2) is 15.0 Å². The minimum absolute atomic E-state index is 0.117. The summed E-state index contributed by atoms with van der Waals surface area (Å²) in [6, 6.07) is 40.4. The Morgan fingerprint density at radius 1 is 0.639 bits per heavy atom. The second kappa shape index (κ2) is 13.4. The Bertz CT molecular complexity index is 3610. The van der Waals surface area contributed by atoms with Crippen molar-refractivity contribution in [2.75, 3.05) is 0 Å². The molecule has 5 nitrogen and oxygen atoms in total. The number of aromatic nitrogens is 3. The van der Waals surface area contributed by atoms with E-state index >= 15 is 0 Å². The van der Waals surface area contributed by atoms with Gasteiger partial charge >= 0.3 is 0 Å². The maximum atomic E-state index is 6.58. The van der Waals surface area contributed by atoms with Crippen LogP contribution >= 0.6 is 11.3 Å². The maximum absolute atomic E-state index is 6.58. The fourth-order valence-corrected chi connectivity index (χ4v) is 11.1. The molecule has 0 saturated carbocycles. The largest absolute Gasteiger partial charge is 0.456 e. The number of fused-ring (bicyclic) bond motifs is 10. The van der Waals surface area contributed by atoms with E-state index in [1.54, 1.807) is 0 Å². The molecule has 6 heteroatoms. The number of aryl methyl sites for hydroxylation is 1. The van der Waals surface area contributed by atoms with Crippen LogP contribution in [0.15, 0.2) is 161 Å². The summed E-state index contributed by atoms with van der Waals surface area (Å²) in [6.07, 6.45) is 13.0. The average molecular weight is 806 g/mol. The van der Waals surface area contributed by atoms with E-state index in [0.717, 1.165) is 84.5 Å². The minimum Gasteiger partial charge on any atom is -0.456 e. The SMILES string of the molecule is C=C/C=C1\C(=C/C)c2cc(-c3ccc4oc5cccc(-c6nc(-c7ccc8c9c(sc8c7)CCC=C9)nc(-c7cccc8oc9ccccc9c78)n6)c5c4c3)ccc2C1(C)C. The molecular formula is C55H39N3O2S. The van der Waals surface area contributed by atoms with E-state index in [-0.39, 0.29) is 5.41 Å². The van der Waals surface area contributed by atoms with E-state index in [2.05, 4.69) is 124 Å². The monoisotopic (exact) mass is 805 g/mol. The summed E-state index contributed by atoms with van der Waals surface area (Å²) in [7, 11) is 0. The van der Waals surface area contributed by atoms with Gasteiger partial charge in [0.05, 0.1) is 0 Å². The van der Waals surface area contributed by atoms with Crippen LogP contribution < -0.4 is 0 Å². The van der Waals surface area contributed by atoms with E-state index < -0.39 is 0 Å². The van der Waals surface area contributed by atoms with Crippen LogP contribution in [0.25, 0.3) is 111 Å². The predicted octanol–water partition coefficient (Wildman–Crippen LogP) is 15.3. The van der Waals surface area contributed by atoms with E-state index in [9.17, 15) is 0 Å². The van der Waals surface area contributed by atoms with Crippen molar-refractivity contribution in [3.05, 3.63) is 173 Å². The standard InChI is InChI=1S/C55H39N3O2S/c1-5-13-42-34(6-2)40-28-31(23-26-43(40)55(42,3)4)32-24-27-45-41(29-32)51-39(17-12-20-47(51)60-45)54-57-52(33-22-25-36-35-14-8-10-21-48(35)61-49(36)30-33)56-53(58-54)38-16-11-19-46-50(38)37-15-7-9-18-44(37)59-46/h5-9,11-20,22-30H,1,10,21H2,2-4H3/b34-6-,42-13+. The molecular weight excluding hydrogens is 767 g/mol. The van der Waals surface area contributed by atoms with Crippen molar-refractivity contribution in [3.8, 4) is 45.3 Å². The number of rotatable bonds is 5. The number of hydrogen-bond donors (Lipinski definition) is 0. The quantitative estimate of drug-likeness (QED) is 0.173. The van der Waals surface area contributed by atoms with Crippen LogP contribution in [0, 0.1) is 0 Å². The van der Waals surface area contributed by atoms with E-state index in [1.807, 2.05) is 59.9 Å².